The SMILES string of the molecule is CN(CCCNc1cc(-c2ccccc2Cl)nc2c(Br)cnn12)S(=O)(=O)c1c(Cl)cccc1Cl. The van der Waals surface area contributed by atoms with Crippen LogP contribution in [-0.2, 0) is 10.0 Å². The smallest absolute Gasteiger partial charge is 0.245 e. The molecule has 0 saturated heterocycles. The van der Waals surface area contributed by atoms with Gasteiger partial charge in [-0.3, -0.25) is 0 Å². The van der Waals surface area contributed by atoms with Crippen LogP contribution in [0.2, 0.25) is 15.1 Å². The molecular weight excluding hydrogens is 585 g/mol. The Morgan fingerprint density at radius 2 is 1.74 bits per heavy atom. The first-order valence-corrected chi connectivity index (χ1v) is 13.5. The molecule has 0 amide bonds. The van der Waals surface area contributed by atoms with Crippen LogP contribution < -0.4 is 5.32 Å². The summed E-state index contributed by atoms with van der Waals surface area (Å²) in [5.41, 5.74) is 2.12. The maximum absolute atomic E-state index is 12.9. The second-order valence-electron chi connectivity index (χ2n) is 7.39. The standard InChI is InChI=1S/C22H19BrCl3N5O2S/c1-30(34(32,33)21-17(25)8-4-9-18(21)26)11-5-10-27-20-12-19(14-6-2-3-7-16(14)24)29-22-15(23)13-28-31(20)22/h2-4,6-9,12-13,27H,5,10-11H2,1H3. The van der Waals surface area contributed by atoms with Gasteiger partial charge in [0.05, 0.1) is 26.4 Å². The molecule has 0 bridgehead atoms. The molecule has 0 aliphatic carbocycles. The van der Waals surface area contributed by atoms with Gasteiger partial charge in [0.25, 0.3) is 0 Å². The number of hydrogen-bond acceptors (Lipinski definition) is 5. The van der Waals surface area contributed by atoms with Crippen molar-refractivity contribution in [2.45, 2.75) is 11.3 Å². The van der Waals surface area contributed by atoms with Crippen molar-refractivity contribution in [1.82, 2.24) is 18.9 Å². The summed E-state index contributed by atoms with van der Waals surface area (Å²) in [5.74, 6) is 0.699. The fourth-order valence-electron chi connectivity index (χ4n) is 3.39. The molecular formula is C22H19BrCl3N5O2S. The Bertz CT molecular complexity index is 1440. The fraction of sp³-hybridized carbons (Fsp3) is 0.182. The molecule has 0 aliphatic heterocycles. The number of hydrogen-bond donors (Lipinski definition) is 1. The average molecular weight is 604 g/mol. The van der Waals surface area contributed by atoms with Crippen LogP contribution in [0.25, 0.3) is 16.9 Å². The highest BCUT2D eigenvalue weighted by Gasteiger charge is 2.26. The van der Waals surface area contributed by atoms with E-state index in [1.807, 2.05) is 30.3 Å². The number of nitrogens with zero attached hydrogens (tertiary/aromatic N) is 4. The summed E-state index contributed by atoms with van der Waals surface area (Å²) in [4.78, 5) is 4.59. The van der Waals surface area contributed by atoms with Crippen LogP contribution in [0.4, 0.5) is 5.82 Å². The van der Waals surface area contributed by atoms with E-state index < -0.39 is 10.0 Å². The zero-order valence-electron chi connectivity index (χ0n) is 17.8. The number of benzene rings is 2. The van der Waals surface area contributed by atoms with Gasteiger partial charge in [-0.25, -0.2) is 17.7 Å². The van der Waals surface area contributed by atoms with Crippen molar-refractivity contribution in [1.29, 1.82) is 0 Å². The Morgan fingerprint density at radius 3 is 2.44 bits per heavy atom. The van der Waals surface area contributed by atoms with Crippen molar-refractivity contribution >= 4 is 72.2 Å². The number of anilines is 1. The van der Waals surface area contributed by atoms with Gasteiger partial charge in [-0.1, -0.05) is 59.1 Å². The van der Waals surface area contributed by atoms with Crippen molar-refractivity contribution in [2.75, 3.05) is 25.5 Å². The van der Waals surface area contributed by atoms with Crippen molar-refractivity contribution in [3.63, 3.8) is 0 Å². The van der Waals surface area contributed by atoms with Crippen LogP contribution in [0, 0.1) is 0 Å². The van der Waals surface area contributed by atoms with Gasteiger partial charge in [-0.05, 0) is 40.5 Å². The third-order valence-electron chi connectivity index (χ3n) is 5.12. The van der Waals surface area contributed by atoms with E-state index in [-0.39, 0.29) is 21.5 Å². The third kappa shape index (κ3) is 5.05. The molecule has 0 saturated carbocycles. The Labute approximate surface area is 220 Å². The van der Waals surface area contributed by atoms with Crippen LogP contribution in [-0.4, -0.2) is 47.5 Å². The zero-order valence-corrected chi connectivity index (χ0v) is 22.5. The van der Waals surface area contributed by atoms with Gasteiger partial charge in [0.1, 0.15) is 10.7 Å². The molecule has 0 unspecified atom stereocenters. The molecule has 2 heterocycles. The number of sulfonamides is 1. The predicted octanol–water partition coefficient (Wildman–Crippen LogP) is 6.24. The van der Waals surface area contributed by atoms with Crippen molar-refractivity contribution in [3.8, 4) is 11.3 Å². The monoisotopic (exact) mass is 601 g/mol. The summed E-state index contributed by atoms with van der Waals surface area (Å²) in [6.45, 7) is 0.736. The van der Waals surface area contributed by atoms with E-state index >= 15 is 0 Å². The molecule has 2 aromatic carbocycles. The molecule has 0 spiro atoms. The third-order valence-corrected chi connectivity index (χ3v) is 8.82. The quantitative estimate of drug-likeness (QED) is 0.241. The Kier molecular flexibility index (Phi) is 7.71. The Morgan fingerprint density at radius 1 is 1.06 bits per heavy atom. The minimum atomic E-state index is -3.83. The molecule has 178 valence electrons. The first-order chi connectivity index (χ1) is 16.2. The first kappa shape index (κ1) is 25.2. The molecule has 0 fully saturated rings. The van der Waals surface area contributed by atoms with Gasteiger partial charge in [-0.15, -0.1) is 0 Å². The molecule has 4 rings (SSSR count). The summed E-state index contributed by atoms with van der Waals surface area (Å²) in [5, 5.41) is 8.46. The number of halogens is 4. The maximum atomic E-state index is 12.9. The molecule has 7 nitrogen and oxygen atoms in total. The Balaban J connectivity index is 1.50. The highest BCUT2D eigenvalue weighted by Crippen LogP contribution is 2.32. The normalized spacial score (nSPS) is 11.9. The first-order valence-electron chi connectivity index (χ1n) is 10.1. The molecule has 1 N–H and O–H groups in total. The van der Waals surface area contributed by atoms with Crippen LogP contribution in [0.5, 0.6) is 0 Å². The van der Waals surface area contributed by atoms with Crippen molar-refractivity contribution in [3.05, 3.63) is 74.3 Å². The van der Waals surface area contributed by atoms with Gasteiger partial charge < -0.3 is 5.32 Å². The average Bonchev–Trinajstić information content (AvgIpc) is 3.17. The lowest BCUT2D eigenvalue weighted by Gasteiger charge is -2.19. The van der Waals surface area contributed by atoms with Crippen LogP contribution in [0.15, 0.2) is 64.1 Å². The molecule has 12 heteroatoms. The zero-order chi connectivity index (χ0) is 24.5. The second kappa shape index (κ2) is 10.4. The predicted molar refractivity (Wildman–Crippen MR) is 141 cm³/mol. The minimum Gasteiger partial charge on any atom is -0.370 e. The maximum Gasteiger partial charge on any atom is 0.245 e. The number of rotatable bonds is 8. The summed E-state index contributed by atoms with van der Waals surface area (Å²) in [7, 11) is -2.33. The molecule has 2 aromatic heterocycles. The second-order valence-corrected chi connectivity index (χ2v) is 11.4. The van der Waals surface area contributed by atoms with Crippen molar-refractivity contribution < 1.29 is 8.42 Å². The van der Waals surface area contributed by atoms with E-state index in [1.54, 1.807) is 16.8 Å². The lowest BCUT2D eigenvalue weighted by molar-refractivity contribution is 0.465. The fourth-order valence-corrected chi connectivity index (χ4v) is 6.27. The highest BCUT2D eigenvalue weighted by atomic mass is 79.9. The van der Waals surface area contributed by atoms with Crippen molar-refractivity contribution in [2.24, 2.45) is 0 Å². The number of nitrogens with one attached hydrogen (secondary N) is 1. The summed E-state index contributed by atoms with van der Waals surface area (Å²) >= 11 is 22.1. The van der Waals surface area contributed by atoms with E-state index in [1.165, 1.54) is 23.5 Å². The summed E-state index contributed by atoms with van der Waals surface area (Å²) in [6, 6.07) is 13.9. The van der Waals surface area contributed by atoms with Gasteiger partial charge in [0, 0.05) is 36.8 Å². The topological polar surface area (TPSA) is 79.6 Å². The molecule has 34 heavy (non-hydrogen) atoms. The van der Waals surface area contributed by atoms with Crippen LogP contribution >= 0.6 is 50.7 Å². The molecule has 0 atom stereocenters. The van der Waals surface area contributed by atoms with Gasteiger partial charge in [0.15, 0.2) is 5.65 Å². The van der Waals surface area contributed by atoms with E-state index in [9.17, 15) is 8.42 Å². The van der Waals surface area contributed by atoms with E-state index in [2.05, 4.69) is 31.3 Å². The minimum absolute atomic E-state index is 0.0876. The number of fused-ring (bicyclic) bond motifs is 1. The molecule has 4 aromatic rings. The molecule has 0 aliphatic rings. The summed E-state index contributed by atoms with van der Waals surface area (Å²) < 4.78 is 29.5. The Hall–Kier alpha value is -1.88. The number of aromatic nitrogens is 3. The van der Waals surface area contributed by atoms with E-state index in [0.717, 1.165) is 10.0 Å². The lowest BCUT2D eigenvalue weighted by atomic mass is 10.1. The summed E-state index contributed by atoms with van der Waals surface area (Å²) in [6.07, 6.45) is 2.18. The molecule has 0 radical (unpaired) electrons. The van der Waals surface area contributed by atoms with E-state index in [4.69, 9.17) is 34.8 Å². The van der Waals surface area contributed by atoms with Crippen LogP contribution in [0.1, 0.15) is 6.42 Å². The van der Waals surface area contributed by atoms with Gasteiger partial charge in [0.2, 0.25) is 10.0 Å². The largest absolute Gasteiger partial charge is 0.370 e. The van der Waals surface area contributed by atoms with Crippen LogP contribution in [0.3, 0.4) is 0 Å². The van der Waals surface area contributed by atoms with E-state index in [0.29, 0.717) is 35.1 Å². The lowest BCUT2D eigenvalue weighted by Crippen LogP contribution is -2.29. The van der Waals surface area contributed by atoms with Gasteiger partial charge >= 0.3 is 0 Å². The highest BCUT2D eigenvalue weighted by molar-refractivity contribution is 9.10. The van der Waals surface area contributed by atoms with Gasteiger partial charge in [-0.2, -0.15) is 9.61 Å².